The third kappa shape index (κ3) is 3.98. The van der Waals surface area contributed by atoms with Crippen LogP contribution in [0.15, 0.2) is 24.3 Å². The molecule has 0 heterocycles. The van der Waals surface area contributed by atoms with Gasteiger partial charge in [0.25, 0.3) is 0 Å². The fourth-order valence-corrected chi connectivity index (χ4v) is 3.61. The standard InChI is InChI=1S/C18H27NO2/c20-15-5-3-4-14(12-15)18(19-11-10-13-8-9-13)16-6-1-2-7-17(16)21/h3-5,12-13,16-21H,1-2,6-11H2/t16-,17+,18?/m0/s1. The summed E-state index contributed by atoms with van der Waals surface area (Å²) >= 11 is 0. The van der Waals surface area contributed by atoms with Gasteiger partial charge in [0.2, 0.25) is 0 Å². The highest BCUT2D eigenvalue weighted by Gasteiger charge is 2.32. The number of aliphatic hydroxyl groups is 1. The van der Waals surface area contributed by atoms with Crippen LogP contribution in [-0.2, 0) is 0 Å². The molecule has 0 bridgehead atoms. The minimum Gasteiger partial charge on any atom is -0.508 e. The average Bonchev–Trinajstić information content (AvgIpc) is 3.29. The number of nitrogens with one attached hydrogen (secondary N) is 1. The number of aliphatic hydroxyl groups excluding tert-OH is 1. The summed E-state index contributed by atoms with van der Waals surface area (Å²) in [6.45, 7) is 1.01. The maximum atomic E-state index is 10.4. The lowest BCUT2D eigenvalue weighted by Crippen LogP contribution is -2.37. The second-order valence-electron chi connectivity index (χ2n) is 6.77. The van der Waals surface area contributed by atoms with Gasteiger partial charge in [0.15, 0.2) is 0 Å². The Balaban J connectivity index is 1.71. The van der Waals surface area contributed by atoms with E-state index in [1.807, 2.05) is 12.1 Å². The molecule has 21 heavy (non-hydrogen) atoms. The minimum absolute atomic E-state index is 0.158. The van der Waals surface area contributed by atoms with Crippen LogP contribution in [0.2, 0.25) is 0 Å². The van der Waals surface area contributed by atoms with Crippen molar-refractivity contribution in [1.82, 2.24) is 5.32 Å². The number of benzene rings is 1. The summed E-state index contributed by atoms with van der Waals surface area (Å²) < 4.78 is 0. The Bertz CT molecular complexity index is 458. The summed E-state index contributed by atoms with van der Waals surface area (Å²) in [6.07, 6.45) is 8.07. The van der Waals surface area contributed by atoms with Crippen LogP contribution in [0.4, 0.5) is 0 Å². The molecular weight excluding hydrogens is 262 g/mol. The first-order chi connectivity index (χ1) is 10.2. The van der Waals surface area contributed by atoms with Crippen molar-refractivity contribution in [3.05, 3.63) is 29.8 Å². The number of rotatable bonds is 6. The quantitative estimate of drug-likeness (QED) is 0.752. The highest BCUT2D eigenvalue weighted by atomic mass is 16.3. The van der Waals surface area contributed by atoms with E-state index in [1.165, 1.54) is 25.7 Å². The molecule has 3 N–H and O–H groups in total. The van der Waals surface area contributed by atoms with E-state index in [9.17, 15) is 10.2 Å². The van der Waals surface area contributed by atoms with Crippen LogP contribution in [0.5, 0.6) is 5.75 Å². The fraction of sp³-hybridized carbons (Fsp3) is 0.667. The van der Waals surface area contributed by atoms with Crippen LogP contribution in [0, 0.1) is 11.8 Å². The van der Waals surface area contributed by atoms with Crippen LogP contribution >= 0.6 is 0 Å². The van der Waals surface area contributed by atoms with Crippen molar-refractivity contribution < 1.29 is 10.2 Å². The summed E-state index contributed by atoms with van der Waals surface area (Å²) in [5.74, 6) is 1.49. The van der Waals surface area contributed by atoms with E-state index in [0.29, 0.717) is 5.75 Å². The van der Waals surface area contributed by atoms with Gasteiger partial charge in [-0.25, -0.2) is 0 Å². The second-order valence-corrected chi connectivity index (χ2v) is 6.77. The van der Waals surface area contributed by atoms with Crippen LogP contribution in [-0.4, -0.2) is 22.9 Å². The Morgan fingerprint density at radius 3 is 2.67 bits per heavy atom. The predicted molar refractivity (Wildman–Crippen MR) is 84.2 cm³/mol. The third-order valence-electron chi connectivity index (χ3n) is 5.05. The fourth-order valence-electron chi connectivity index (χ4n) is 3.61. The largest absolute Gasteiger partial charge is 0.508 e. The Morgan fingerprint density at radius 2 is 1.95 bits per heavy atom. The number of hydrogen-bond donors (Lipinski definition) is 3. The molecule has 0 amide bonds. The van der Waals surface area contributed by atoms with Crippen molar-refractivity contribution in [1.29, 1.82) is 0 Å². The molecule has 0 spiro atoms. The molecule has 116 valence electrons. The van der Waals surface area contributed by atoms with E-state index in [2.05, 4.69) is 11.4 Å². The average molecular weight is 289 g/mol. The molecule has 3 rings (SSSR count). The molecule has 3 nitrogen and oxygen atoms in total. The highest BCUT2D eigenvalue weighted by molar-refractivity contribution is 5.30. The zero-order valence-corrected chi connectivity index (χ0v) is 12.7. The molecule has 0 radical (unpaired) electrons. The van der Waals surface area contributed by atoms with Gasteiger partial charge in [-0.15, -0.1) is 0 Å². The van der Waals surface area contributed by atoms with Crippen molar-refractivity contribution in [2.24, 2.45) is 11.8 Å². The first-order valence-electron chi connectivity index (χ1n) is 8.44. The maximum absolute atomic E-state index is 10.4. The van der Waals surface area contributed by atoms with Crippen molar-refractivity contribution in [3.8, 4) is 5.75 Å². The monoisotopic (exact) mass is 289 g/mol. The van der Waals surface area contributed by atoms with Crippen LogP contribution in [0.25, 0.3) is 0 Å². The van der Waals surface area contributed by atoms with Crippen LogP contribution in [0.1, 0.15) is 56.6 Å². The summed E-state index contributed by atoms with van der Waals surface area (Å²) in [5.41, 5.74) is 1.11. The summed E-state index contributed by atoms with van der Waals surface area (Å²) in [7, 11) is 0. The molecule has 1 aromatic carbocycles. The van der Waals surface area contributed by atoms with Crippen molar-refractivity contribution in [2.75, 3.05) is 6.54 Å². The van der Waals surface area contributed by atoms with Gasteiger partial charge in [0, 0.05) is 12.0 Å². The van der Waals surface area contributed by atoms with Crippen molar-refractivity contribution in [2.45, 2.75) is 57.1 Å². The molecule has 2 saturated carbocycles. The van der Waals surface area contributed by atoms with Crippen LogP contribution in [0.3, 0.4) is 0 Å². The number of aromatic hydroxyl groups is 1. The van der Waals surface area contributed by atoms with Gasteiger partial charge in [-0.05, 0) is 49.4 Å². The second kappa shape index (κ2) is 6.80. The Hall–Kier alpha value is -1.06. The maximum Gasteiger partial charge on any atom is 0.115 e. The van der Waals surface area contributed by atoms with Crippen molar-refractivity contribution >= 4 is 0 Å². The summed E-state index contributed by atoms with van der Waals surface area (Å²) in [5, 5.41) is 23.8. The number of phenolic OH excluding ortho intramolecular Hbond substituents is 1. The molecule has 0 aliphatic heterocycles. The van der Waals surface area contributed by atoms with E-state index in [-0.39, 0.29) is 18.1 Å². The molecular formula is C18H27NO2. The third-order valence-corrected chi connectivity index (χ3v) is 5.05. The van der Waals surface area contributed by atoms with Crippen molar-refractivity contribution in [3.63, 3.8) is 0 Å². The first-order valence-corrected chi connectivity index (χ1v) is 8.44. The van der Waals surface area contributed by atoms with Gasteiger partial charge < -0.3 is 15.5 Å². The lowest BCUT2D eigenvalue weighted by Gasteiger charge is -2.35. The van der Waals surface area contributed by atoms with Gasteiger partial charge in [-0.3, -0.25) is 0 Å². The molecule has 1 unspecified atom stereocenters. The topological polar surface area (TPSA) is 52.5 Å². The van der Waals surface area contributed by atoms with Gasteiger partial charge in [0.1, 0.15) is 5.75 Å². The van der Waals surface area contributed by atoms with E-state index < -0.39 is 0 Å². The number of phenols is 1. The number of hydrogen-bond acceptors (Lipinski definition) is 3. The molecule has 2 fully saturated rings. The van der Waals surface area contributed by atoms with E-state index in [0.717, 1.165) is 37.3 Å². The minimum atomic E-state index is -0.223. The first kappa shape index (κ1) is 14.9. The van der Waals surface area contributed by atoms with E-state index >= 15 is 0 Å². The lowest BCUT2D eigenvalue weighted by atomic mass is 9.79. The highest BCUT2D eigenvalue weighted by Crippen LogP contribution is 2.36. The molecule has 3 atom stereocenters. The van der Waals surface area contributed by atoms with Gasteiger partial charge in [-0.1, -0.05) is 37.8 Å². The zero-order valence-electron chi connectivity index (χ0n) is 12.7. The van der Waals surface area contributed by atoms with Gasteiger partial charge >= 0.3 is 0 Å². The lowest BCUT2D eigenvalue weighted by molar-refractivity contribution is 0.0476. The van der Waals surface area contributed by atoms with Gasteiger partial charge in [-0.2, -0.15) is 0 Å². The SMILES string of the molecule is Oc1cccc(C(NCCC2CC2)[C@H]2CCCC[C@H]2O)c1. The molecule has 2 aliphatic rings. The molecule has 2 aliphatic carbocycles. The Kier molecular flexibility index (Phi) is 4.81. The molecule has 1 aromatic rings. The normalized spacial score (nSPS) is 27.5. The Labute approximate surface area is 127 Å². The molecule has 0 aromatic heterocycles. The Morgan fingerprint density at radius 1 is 1.14 bits per heavy atom. The summed E-state index contributed by atoms with van der Waals surface area (Å²) in [4.78, 5) is 0. The zero-order chi connectivity index (χ0) is 14.7. The summed E-state index contributed by atoms with van der Waals surface area (Å²) in [6, 6.07) is 7.68. The molecule has 3 heteroatoms. The smallest absolute Gasteiger partial charge is 0.115 e. The van der Waals surface area contributed by atoms with Crippen LogP contribution < -0.4 is 5.32 Å². The van der Waals surface area contributed by atoms with E-state index in [1.54, 1.807) is 6.07 Å². The van der Waals surface area contributed by atoms with Gasteiger partial charge in [0.05, 0.1) is 6.10 Å². The van der Waals surface area contributed by atoms with E-state index in [4.69, 9.17) is 0 Å². The predicted octanol–water partition coefficient (Wildman–Crippen LogP) is 3.37. The molecule has 0 saturated heterocycles.